The Balaban J connectivity index is 1.82. The Morgan fingerprint density at radius 3 is 2.61 bits per heavy atom. The highest BCUT2D eigenvalue weighted by Crippen LogP contribution is 2.11. The first-order valence-corrected chi connectivity index (χ1v) is 7.81. The summed E-state index contributed by atoms with van der Waals surface area (Å²) in [6, 6.07) is 3.80. The minimum Gasteiger partial charge on any atom is -0.317 e. The summed E-state index contributed by atoms with van der Waals surface area (Å²) in [5.74, 6) is 0. The molecule has 1 aromatic heterocycles. The number of aromatic nitrogens is 1. The van der Waals surface area contributed by atoms with Crippen LogP contribution in [0.5, 0.6) is 0 Å². The SMILES string of the molecule is O=S(=O)(NCCc1ccncc1)C1CCNCC1. The molecule has 1 aliphatic rings. The third kappa shape index (κ3) is 3.76. The Morgan fingerprint density at radius 1 is 1.28 bits per heavy atom. The number of nitrogens with one attached hydrogen (secondary N) is 2. The van der Waals surface area contributed by atoms with Crippen molar-refractivity contribution in [3.8, 4) is 0 Å². The van der Waals surface area contributed by atoms with Crippen LogP contribution in [0.2, 0.25) is 0 Å². The Bertz CT molecular complexity index is 455. The van der Waals surface area contributed by atoms with Crippen LogP contribution in [-0.4, -0.2) is 38.3 Å². The van der Waals surface area contributed by atoms with Gasteiger partial charge in [0, 0.05) is 18.9 Å². The lowest BCUT2D eigenvalue weighted by molar-refractivity contribution is 0.489. The maximum absolute atomic E-state index is 12.0. The van der Waals surface area contributed by atoms with Gasteiger partial charge >= 0.3 is 0 Å². The fraction of sp³-hybridized carbons (Fsp3) is 0.583. The van der Waals surface area contributed by atoms with Gasteiger partial charge in [-0.3, -0.25) is 4.98 Å². The highest BCUT2D eigenvalue weighted by Gasteiger charge is 2.26. The van der Waals surface area contributed by atoms with Gasteiger partial charge in [-0.05, 0) is 50.0 Å². The molecular formula is C12H19N3O2S. The topological polar surface area (TPSA) is 71.1 Å². The summed E-state index contributed by atoms with van der Waals surface area (Å²) in [6.07, 6.45) is 5.54. The second-order valence-electron chi connectivity index (χ2n) is 4.49. The highest BCUT2D eigenvalue weighted by atomic mass is 32.2. The molecule has 18 heavy (non-hydrogen) atoms. The van der Waals surface area contributed by atoms with Crippen LogP contribution < -0.4 is 10.0 Å². The lowest BCUT2D eigenvalue weighted by Gasteiger charge is -2.22. The van der Waals surface area contributed by atoms with E-state index in [-0.39, 0.29) is 5.25 Å². The molecule has 2 N–H and O–H groups in total. The van der Waals surface area contributed by atoms with Crippen molar-refractivity contribution in [2.75, 3.05) is 19.6 Å². The third-order valence-corrected chi connectivity index (χ3v) is 5.15. The van der Waals surface area contributed by atoms with Crippen LogP contribution in [0.25, 0.3) is 0 Å². The van der Waals surface area contributed by atoms with Crippen LogP contribution in [0.15, 0.2) is 24.5 Å². The smallest absolute Gasteiger partial charge is 0.214 e. The van der Waals surface area contributed by atoms with Crippen molar-refractivity contribution in [3.63, 3.8) is 0 Å². The average molecular weight is 269 g/mol. The fourth-order valence-corrected chi connectivity index (χ4v) is 3.59. The second-order valence-corrected chi connectivity index (χ2v) is 6.54. The summed E-state index contributed by atoms with van der Waals surface area (Å²) in [7, 11) is -3.16. The van der Waals surface area contributed by atoms with E-state index < -0.39 is 10.0 Å². The predicted octanol–water partition coefficient (Wildman–Crippen LogP) is 0.295. The van der Waals surface area contributed by atoms with Crippen molar-refractivity contribution in [2.45, 2.75) is 24.5 Å². The van der Waals surface area contributed by atoms with Gasteiger partial charge in [-0.2, -0.15) is 0 Å². The molecule has 1 aliphatic heterocycles. The predicted molar refractivity (Wildman–Crippen MR) is 70.8 cm³/mol. The Morgan fingerprint density at radius 2 is 1.94 bits per heavy atom. The Labute approximate surface area is 108 Å². The zero-order valence-electron chi connectivity index (χ0n) is 10.3. The molecule has 0 amide bonds. The molecule has 1 aromatic rings. The zero-order chi connectivity index (χ0) is 12.8. The van der Waals surface area contributed by atoms with E-state index in [1.54, 1.807) is 12.4 Å². The highest BCUT2D eigenvalue weighted by molar-refractivity contribution is 7.90. The second kappa shape index (κ2) is 6.26. The first kappa shape index (κ1) is 13.5. The van der Waals surface area contributed by atoms with Crippen molar-refractivity contribution in [1.82, 2.24) is 15.0 Å². The van der Waals surface area contributed by atoms with E-state index in [4.69, 9.17) is 0 Å². The van der Waals surface area contributed by atoms with Gasteiger partial charge in [0.15, 0.2) is 0 Å². The first-order chi connectivity index (χ1) is 8.68. The van der Waals surface area contributed by atoms with Crippen molar-refractivity contribution >= 4 is 10.0 Å². The van der Waals surface area contributed by atoms with Crippen LogP contribution in [0.3, 0.4) is 0 Å². The molecule has 0 saturated carbocycles. The van der Waals surface area contributed by atoms with E-state index in [1.165, 1.54) is 0 Å². The van der Waals surface area contributed by atoms with E-state index in [0.29, 0.717) is 25.8 Å². The summed E-state index contributed by atoms with van der Waals surface area (Å²) >= 11 is 0. The molecular weight excluding hydrogens is 250 g/mol. The average Bonchev–Trinajstić information content (AvgIpc) is 2.41. The van der Waals surface area contributed by atoms with Crippen LogP contribution in [0, 0.1) is 0 Å². The van der Waals surface area contributed by atoms with E-state index in [9.17, 15) is 8.42 Å². The molecule has 0 unspecified atom stereocenters. The summed E-state index contributed by atoms with van der Waals surface area (Å²) in [5.41, 5.74) is 1.10. The van der Waals surface area contributed by atoms with Gasteiger partial charge in [-0.25, -0.2) is 13.1 Å². The van der Waals surface area contributed by atoms with Crippen molar-refractivity contribution in [1.29, 1.82) is 0 Å². The number of pyridine rings is 1. The van der Waals surface area contributed by atoms with E-state index in [1.807, 2.05) is 12.1 Å². The zero-order valence-corrected chi connectivity index (χ0v) is 11.1. The third-order valence-electron chi connectivity index (χ3n) is 3.19. The van der Waals surface area contributed by atoms with Crippen LogP contribution in [0.4, 0.5) is 0 Å². The maximum atomic E-state index is 12.0. The molecule has 0 aromatic carbocycles. The Kier molecular flexibility index (Phi) is 4.68. The standard InChI is InChI=1S/C12H19N3O2S/c16-18(17,12-4-8-14-9-5-12)15-10-3-11-1-6-13-7-2-11/h1-2,6-7,12,14-15H,3-5,8-10H2. The van der Waals surface area contributed by atoms with Crippen LogP contribution in [0.1, 0.15) is 18.4 Å². The molecule has 2 rings (SSSR count). The lowest BCUT2D eigenvalue weighted by Crippen LogP contribution is -2.42. The fourth-order valence-electron chi connectivity index (χ4n) is 2.11. The molecule has 1 fully saturated rings. The van der Waals surface area contributed by atoms with Gasteiger partial charge in [0.25, 0.3) is 0 Å². The van der Waals surface area contributed by atoms with Crippen molar-refractivity contribution in [2.24, 2.45) is 0 Å². The Hall–Kier alpha value is -0.980. The number of rotatable bonds is 5. The molecule has 2 heterocycles. The molecule has 0 aliphatic carbocycles. The van der Waals surface area contributed by atoms with Gasteiger partial charge in [0.05, 0.1) is 5.25 Å². The van der Waals surface area contributed by atoms with Gasteiger partial charge < -0.3 is 5.32 Å². The molecule has 0 radical (unpaired) electrons. The summed E-state index contributed by atoms with van der Waals surface area (Å²) in [5, 5.41) is 2.93. The first-order valence-electron chi connectivity index (χ1n) is 6.26. The molecule has 100 valence electrons. The van der Waals surface area contributed by atoms with Crippen molar-refractivity contribution in [3.05, 3.63) is 30.1 Å². The lowest BCUT2D eigenvalue weighted by atomic mass is 10.2. The van der Waals surface area contributed by atoms with E-state index in [2.05, 4.69) is 15.0 Å². The van der Waals surface area contributed by atoms with Gasteiger partial charge in [0.2, 0.25) is 10.0 Å². The number of nitrogens with zero attached hydrogens (tertiary/aromatic N) is 1. The van der Waals surface area contributed by atoms with Gasteiger partial charge in [-0.15, -0.1) is 0 Å². The molecule has 0 atom stereocenters. The van der Waals surface area contributed by atoms with Crippen molar-refractivity contribution < 1.29 is 8.42 Å². The quantitative estimate of drug-likeness (QED) is 0.806. The molecule has 0 bridgehead atoms. The summed E-state index contributed by atoms with van der Waals surface area (Å²) in [6.45, 7) is 2.03. The van der Waals surface area contributed by atoms with E-state index >= 15 is 0 Å². The minimum absolute atomic E-state index is 0.240. The molecule has 0 spiro atoms. The molecule has 6 heteroatoms. The van der Waals surface area contributed by atoms with Crippen LogP contribution in [-0.2, 0) is 16.4 Å². The monoisotopic (exact) mass is 269 g/mol. The molecule has 5 nitrogen and oxygen atoms in total. The number of hydrogen-bond acceptors (Lipinski definition) is 4. The van der Waals surface area contributed by atoms with Gasteiger partial charge in [0.1, 0.15) is 0 Å². The number of piperidine rings is 1. The molecule has 1 saturated heterocycles. The largest absolute Gasteiger partial charge is 0.317 e. The minimum atomic E-state index is -3.16. The normalized spacial score (nSPS) is 17.8. The summed E-state index contributed by atoms with van der Waals surface area (Å²) in [4.78, 5) is 3.93. The van der Waals surface area contributed by atoms with Crippen LogP contribution >= 0.6 is 0 Å². The van der Waals surface area contributed by atoms with Gasteiger partial charge in [-0.1, -0.05) is 0 Å². The maximum Gasteiger partial charge on any atom is 0.214 e. The summed E-state index contributed by atoms with van der Waals surface area (Å²) < 4.78 is 26.8. The number of hydrogen-bond donors (Lipinski definition) is 2. The number of sulfonamides is 1. The van der Waals surface area contributed by atoms with E-state index in [0.717, 1.165) is 18.7 Å².